The van der Waals surface area contributed by atoms with Crippen LogP contribution in [-0.4, -0.2) is 72.7 Å². The minimum atomic E-state index is -2.97. The van der Waals surface area contributed by atoms with Crippen molar-refractivity contribution in [3.05, 3.63) is 24.3 Å². The minimum Gasteiger partial charge on any atom is -0.433 e. The smallest absolute Gasteiger partial charge is 0.387 e. The van der Waals surface area contributed by atoms with E-state index >= 15 is 0 Å². The van der Waals surface area contributed by atoms with Gasteiger partial charge in [-0.1, -0.05) is 12.1 Å². The average Bonchev–Trinajstić information content (AvgIpc) is 2.73. The van der Waals surface area contributed by atoms with Gasteiger partial charge in [0.15, 0.2) is 0 Å². The number of carbonyl (C=O) groups is 2. The molecule has 3 unspecified atom stereocenters. The number of nitrogens with zero attached hydrogens (tertiary/aromatic N) is 2. The maximum absolute atomic E-state index is 12.9. The number of hydrogen-bond donors (Lipinski definition) is 1. The summed E-state index contributed by atoms with van der Waals surface area (Å²) in [6.07, 6.45) is 1.44. The van der Waals surface area contributed by atoms with Crippen LogP contribution in [0.1, 0.15) is 33.6 Å². The number of rotatable bonds is 6. The summed E-state index contributed by atoms with van der Waals surface area (Å²) >= 11 is 0. The molecule has 3 atom stereocenters. The van der Waals surface area contributed by atoms with Crippen LogP contribution in [-0.2, 0) is 14.3 Å². The number of ether oxygens (including phenoxy) is 2. The van der Waals surface area contributed by atoms with Crippen molar-refractivity contribution in [1.29, 1.82) is 0 Å². The van der Waals surface area contributed by atoms with Crippen LogP contribution in [0.2, 0.25) is 0 Å². The van der Waals surface area contributed by atoms with Gasteiger partial charge >= 0.3 is 6.61 Å². The Morgan fingerprint density at radius 3 is 2.35 bits per heavy atom. The molecule has 2 aliphatic heterocycles. The maximum atomic E-state index is 12.9. The number of amides is 2. The third-order valence-electron chi connectivity index (χ3n) is 5.90. The second-order valence-electron chi connectivity index (χ2n) is 8.35. The summed E-state index contributed by atoms with van der Waals surface area (Å²) in [6.45, 7) is 5.23. The lowest BCUT2D eigenvalue weighted by Crippen LogP contribution is -2.52. The molecule has 2 fully saturated rings. The fourth-order valence-corrected chi connectivity index (χ4v) is 4.32. The highest BCUT2D eigenvalue weighted by Gasteiger charge is 2.34. The molecular formula is C22H31F2N3O4. The summed E-state index contributed by atoms with van der Waals surface area (Å²) in [5, 5.41) is 2.68. The van der Waals surface area contributed by atoms with Crippen LogP contribution in [0.15, 0.2) is 24.3 Å². The molecule has 2 saturated heterocycles. The van der Waals surface area contributed by atoms with Crippen molar-refractivity contribution in [3.63, 3.8) is 0 Å². The summed E-state index contributed by atoms with van der Waals surface area (Å²) in [7, 11) is 0. The molecule has 0 saturated carbocycles. The Kier molecular flexibility index (Phi) is 7.83. The molecule has 7 nitrogen and oxygen atoms in total. The highest BCUT2D eigenvalue weighted by atomic mass is 19.3. The van der Waals surface area contributed by atoms with Gasteiger partial charge in [0.1, 0.15) is 5.75 Å². The monoisotopic (exact) mass is 439 g/mol. The first-order valence-corrected chi connectivity index (χ1v) is 10.8. The molecule has 9 heteroatoms. The molecule has 2 aliphatic rings. The summed E-state index contributed by atoms with van der Waals surface area (Å²) in [5.74, 6) is -0.261. The van der Waals surface area contributed by atoms with E-state index in [1.54, 1.807) is 19.1 Å². The van der Waals surface area contributed by atoms with E-state index in [9.17, 15) is 18.4 Å². The predicted octanol–water partition coefficient (Wildman–Crippen LogP) is 2.96. The van der Waals surface area contributed by atoms with Gasteiger partial charge in [-0.05, 0) is 58.8 Å². The van der Waals surface area contributed by atoms with E-state index in [4.69, 9.17) is 4.74 Å². The second kappa shape index (κ2) is 10.4. The molecule has 0 spiro atoms. The third kappa shape index (κ3) is 6.13. The lowest BCUT2D eigenvalue weighted by Gasteiger charge is -2.40. The van der Waals surface area contributed by atoms with E-state index in [-0.39, 0.29) is 41.4 Å². The Bertz CT molecular complexity index is 761. The molecule has 0 radical (unpaired) electrons. The van der Waals surface area contributed by atoms with Crippen LogP contribution in [0.3, 0.4) is 0 Å². The molecule has 0 aromatic heterocycles. The van der Waals surface area contributed by atoms with E-state index in [0.717, 1.165) is 0 Å². The van der Waals surface area contributed by atoms with Crippen LogP contribution in [0, 0.1) is 5.92 Å². The van der Waals surface area contributed by atoms with Gasteiger partial charge in [-0.2, -0.15) is 8.78 Å². The van der Waals surface area contributed by atoms with Crippen molar-refractivity contribution in [2.24, 2.45) is 5.92 Å². The number of anilines is 1. The zero-order valence-electron chi connectivity index (χ0n) is 18.2. The Morgan fingerprint density at radius 1 is 1.13 bits per heavy atom. The number of likely N-dealkylation sites (tertiary alicyclic amines) is 1. The van der Waals surface area contributed by atoms with Gasteiger partial charge in [0, 0.05) is 19.0 Å². The standard InChI is InChI=1S/C22H31F2N3O4/c1-14-12-27(13-15(2)30-14)21(29)17-8-10-26(11-9-17)16(3)20(28)25-18-6-4-5-7-19(18)31-22(23)24/h4-7,14-17,22H,8-13H2,1-3H3,(H,25,28). The van der Waals surface area contributed by atoms with E-state index in [1.165, 1.54) is 12.1 Å². The Balaban J connectivity index is 1.52. The largest absolute Gasteiger partial charge is 0.433 e. The molecule has 0 bridgehead atoms. The van der Waals surface area contributed by atoms with Crippen LogP contribution in [0.4, 0.5) is 14.5 Å². The zero-order chi connectivity index (χ0) is 22.5. The van der Waals surface area contributed by atoms with Gasteiger partial charge < -0.3 is 19.7 Å². The molecule has 172 valence electrons. The first kappa shape index (κ1) is 23.4. The predicted molar refractivity (Wildman–Crippen MR) is 112 cm³/mol. The van der Waals surface area contributed by atoms with E-state index < -0.39 is 12.7 Å². The number of halogens is 2. The van der Waals surface area contributed by atoms with E-state index in [1.807, 2.05) is 23.6 Å². The number of piperidine rings is 1. The average molecular weight is 440 g/mol. The second-order valence-corrected chi connectivity index (χ2v) is 8.35. The number of carbonyl (C=O) groups excluding carboxylic acids is 2. The molecular weight excluding hydrogens is 408 g/mol. The fraction of sp³-hybridized carbons (Fsp3) is 0.636. The molecule has 1 aromatic carbocycles. The number of hydrogen-bond acceptors (Lipinski definition) is 5. The van der Waals surface area contributed by atoms with Crippen LogP contribution >= 0.6 is 0 Å². The number of para-hydroxylation sites is 2. The Labute approximate surface area is 181 Å². The van der Waals surface area contributed by atoms with Crippen molar-refractivity contribution >= 4 is 17.5 Å². The maximum Gasteiger partial charge on any atom is 0.387 e. The fourth-order valence-electron chi connectivity index (χ4n) is 4.32. The lowest BCUT2D eigenvalue weighted by molar-refractivity contribution is -0.149. The number of nitrogens with one attached hydrogen (secondary N) is 1. The Morgan fingerprint density at radius 2 is 1.74 bits per heavy atom. The van der Waals surface area contributed by atoms with Gasteiger partial charge in [0.05, 0.1) is 23.9 Å². The van der Waals surface area contributed by atoms with Crippen molar-refractivity contribution < 1.29 is 27.8 Å². The quantitative estimate of drug-likeness (QED) is 0.738. The van der Waals surface area contributed by atoms with E-state index in [0.29, 0.717) is 39.0 Å². The lowest BCUT2D eigenvalue weighted by atomic mass is 9.93. The molecule has 3 rings (SSSR count). The Hall–Kier alpha value is -2.26. The van der Waals surface area contributed by atoms with Gasteiger partial charge in [-0.15, -0.1) is 0 Å². The van der Waals surface area contributed by atoms with Crippen LogP contribution in [0.5, 0.6) is 5.75 Å². The zero-order valence-corrected chi connectivity index (χ0v) is 18.2. The van der Waals surface area contributed by atoms with Gasteiger partial charge in [-0.25, -0.2) is 0 Å². The normalized spacial score (nSPS) is 24.1. The summed E-state index contributed by atoms with van der Waals surface area (Å²) in [5.41, 5.74) is 0.209. The number of alkyl halides is 2. The molecule has 1 aromatic rings. The number of morpholine rings is 1. The summed E-state index contributed by atoms with van der Waals surface area (Å²) < 4.78 is 35.4. The van der Waals surface area contributed by atoms with E-state index in [2.05, 4.69) is 10.1 Å². The highest BCUT2D eigenvalue weighted by Crippen LogP contribution is 2.27. The van der Waals surface area contributed by atoms with Gasteiger partial charge in [0.2, 0.25) is 11.8 Å². The molecule has 0 aliphatic carbocycles. The first-order chi connectivity index (χ1) is 14.7. The topological polar surface area (TPSA) is 71.1 Å². The van der Waals surface area contributed by atoms with Gasteiger partial charge in [-0.3, -0.25) is 14.5 Å². The summed E-state index contributed by atoms with van der Waals surface area (Å²) in [6, 6.07) is 5.66. The highest BCUT2D eigenvalue weighted by molar-refractivity contribution is 5.95. The SMILES string of the molecule is CC1CN(C(=O)C2CCN(C(C)C(=O)Nc3ccccc3OC(F)F)CC2)CC(C)O1. The van der Waals surface area contributed by atoms with Crippen molar-refractivity contribution in [3.8, 4) is 5.75 Å². The number of benzene rings is 1. The minimum absolute atomic E-state index is 0.0356. The molecule has 2 heterocycles. The van der Waals surface area contributed by atoms with Crippen molar-refractivity contribution in [2.45, 2.75) is 58.5 Å². The van der Waals surface area contributed by atoms with Crippen molar-refractivity contribution in [1.82, 2.24) is 9.80 Å². The van der Waals surface area contributed by atoms with Gasteiger partial charge in [0.25, 0.3) is 0 Å². The molecule has 31 heavy (non-hydrogen) atoms. The van der Waals surface area contributed by atoms with Crippen LogP contribution < -0.4 is 10.1 Å². The van der Waals surface area contributed by atoms with Crippen molar-refractivity contribution in [2.75, 3.05) is 31.5 Å². The first-order valence-electron chi connectivity index (χ1n) is 10.8. The summed E-state index contributed by atoms with van der Waals surface area (Å²) in [4.78, 5) is 29.5. The van der Waals surface area contributed by atoms with Crippen LogP contribution in [0.25, 0.3) is 0 Å². The molecule has 1 N–H and O–H groups in total. The molecule has 2 amide bonds. The third-order valence-corrected chi connectivity index (χ3v) is 5.90.